The van der Waals surface area contributed by atoms with Crippen molar-refractivity contribution < 1.29 is 32.3 Å². The third-order valence-corrected chi connectivity index (χ3v) is 7.70. The van der Waals surface area contributed by atoms with E-state index < -0.39 is 54.1 Å². The van der Waals surface area contributed by atoms with Gasteiger partial charge in [-0.1, -0.05) is 99.5 Å². The van der Waals surface area contributed by atoms with E-state index in [1.807, 2.05) is 0 Å². The second-order valence-electron chi connectivity index (χ2n) is 10.7. The highest BCUT2D eigenvalue weighted by Gasteiger charge is 2.45. The molecule has 3 atom stereocenters. The standard InChI is InChI=1S/C30H34Cl2F3NO4/c1-18(2)24(28(38)30(33,34)35)17-25(37)27(20-11-7-4-8-12-20)36-29(39)26(13-19-9-5-3-6-10-19)40-23-15-21(31)14-22(32)16-23/h4,7-8,11-12,14-16,18-19,24,26-27H,3,5-6,9-10,13,17H2,1-2H3,(H,36,39)/t24-,26?,27-/m0/s1. The number of hydrogen-bond acceptors (Lipinski definition) is 4. The molecule has 1 saturated carbocycles. The lowest BCUT2D eigenvalue weighted by Gasteiger charge is -2.29. The summed E-state index contributed by atoms with van der Waals surface area (Å²) in [6.07, 6.45) is -1.31. The molecule has 40 heavy (non-hydrogen) atoms. The molecule has 0 aromatic heterocycles. The van der Waals surface area contributed by atoms with Crippen LogP contribution in [0, 0.1) is 17.8 Å². The third-order valence-electron chi connectivity index (χ3n) is 7.26. The van der Waals surface area contributed by atoms with E-state index in [1.54, 1.807) is 30.3 Å². The molecule has 2 aromatic carbocycles. The van der Waals surface area contributed by atoms with Crippen molar-refractivity contribution in [2.24, 2.45) is 17.8 Å². The fraction of sp³-hybridized carbons (Fsp3) is 0.500. The van der Waals surface area contributed by atoms with Crippen molar-refractivity contribution in [1.82, 2.24) is 5.32 Å². The minimum Gasteiger partial charge on any atom is -0.480 e. The number of ketones is 2. The number of amides is 1. The van der Waals surface area contributed by atoms with Crippen LogP contribution in [0.2, 0.25) is 10.0 Å². The second-order valence-corrected chi connectivity index (χ2v) is 11.6. The number of Topliss-reactive ketones (excluding diaryl/α,β-unsaturated/α-hetero) is 2. The van der Waals surface area contributed by atoms with Crippen LogP contribution in [0.5, 0.6) is 5.75 Å². The van der Waals surface area contributed by atoms with Gasteiger partial charge >= 0.3 is 6.18 Å². The Hall–Kier alpha value is -2.58. The van der Waals surface area contributed by atoms with Gasteiger partial charge in [0.25, 0.3) is 5.91 Å². The summed E-state index contributed by atoms with van der Waals surface area (Å²) in [7, 11) is 0. The van der Waals surface area contributed by atoms with E-state index in [9.17, 15) is 27.6 Å². The average Bonchev–Trinajstić information content (AvgIpc) is 2.89. The van der Waals surface area contributed by atoms with Crippen LogP contribution >= 0.6 is 23.2 Å². The Kier molecular flexibility index (Phi) is 11.5. The normalized spacial score (nSPS) is 16.7. The van der Waals surface area contributed by atoms with Gasteiger partial charge in [0.2, 0.25) is 5.78 Å². The maximum atomic E-state index is 13.7. The molecule has 1 amide bonds. The first-order chi connectivity index (χ1) is 18.8. The predicted octanol–water partition coefficient (Wildman–Crippen LogP) is 7.93. The molecule has 5 nitrogen and oxygen atoms in total. The highest BCUT2D eigenvalue weighted by atomic mass is 35.5. The summed E-state index contributed by atoms with van der Waals surface area (Å²) >= 11 is 12.3. The number of ether oxygens (including phenoxy) is 1. The van der Waals surface area contributed by atoms with Gasteiger partial charge in [-0.05, 0) is 42.0 Å². The summed E-state index contributed by atoms with van der Waals surface area (Å²) in [6, 6.07) is 11.6. The van der Waals surface area contributed by atoms with E-state index >= 15 is 0 Å². The minimum atomic E-state index is -5.07. The molecule has 0 bridgehead atoms. The number of nitrogens with one attached hydrogen (secondary N) is 1. The smallest absolute Gasteiger partial charge is 0.450 e. The van der Waals surface area contributed by atoms with Gasteiger partial charge < -0.3 is 10.1 Å². The Morgan fingerprint density at radius 3 is 2.12 bits per heavy atom. The van der Waals surface area contributed by atoms with Crippen LogP contribution in [0.4, 0.5) is 13.2 Å². The number of alkyl halides is 3. The summed E-state index contributed by atoms with van der Waals surface area (Å²) in [6.45, 7) is 2.92. The van der Waals surface area contributed by atoms with E-state index in [0.717, 1.165) is 32.1 Å². The van der Waals surface area contributed by atoms with Crippen molar-refractivity contribution in [3.05, 3.63) is 64.1 Å². The summed E-state index contributed by atoms with van der Waals surface area (Å²) in [4.78, 5) is 39.3. The van der Waals surface area contributed by atoms with Crippen molar-refractivity contribution >= 4 is 40.7 Å². The van der Waals surface area contributed by atoms with Crippen molar-refractivity contribution in [2.45, 2.75) is 77.1 Å². The van der Waals surface area contributed by atoms with Gasteiger partial charge in [0.1, 0.15) is 11.8 Å². The molecule has 1 unspecified atom stereocenters. The Morgan fingerprint density at radius 2 is 1.57 bits per heavy atom. The molecule has 0 saturated heterocycles. The molecule has 0 aliphatic heterocycles. The zero-order valence-corrected chi connectivity index (χ0v) is 24.0. The molecule has 1 N–H and O–H groups in total. The Labute approximate surface area is 242 Å². The molecule has 2 aromatic rings. The van der Waals surface area contributed by atoms with Crippen molar-refractivity contribution in [3.8, 4) is 5.75 Å². The predicted molar refractivity (Wildman–Crippen MR) is 148 cm³/mol. The Balaban J connectivity index is 1.89. The first-order valence-corrected chi connectivity index (χ1v) is 14.2. The zero-order valence-electron chi connectivity index (χ0n) is 22.5. The van der Waals surface area contributed by atoms with E-state index in [-0.39, 0.29) is 11.7 Å². The summed E-state index contributed by atoms with van der Waals surface area (Å²) in [5.41, 5.74) is 0.394. The number of benzene rings is 2. The lowest BCUT2D eigenvalue weighted by Crippen LogP contribution is -2.44. The molecule has 10 heteroatoms. The van der Waals surface area contributed by atoms with Gasteiger partial charge in [0.15, 0.2) is 11.9 Å². The largest absolute Gasteiger partial charge is 0.480 e. The first kappa shape index (κ1) is 31.9. The van der Waals surface area contributed by atoms with Gasteiger partial charge in [0.05, 0.1) is 0 Å². The molecule has 0 radical (unpaired) electrons. The van der Waals surface area contributed by atoms with Crippen molar-refractivity contribution in [2.75, 3.05) is 0 Å². The molecule has 218 valence electrons. The quantitative estimate of drug-likeness (QED) is 0.269. The van der Waals surface area contributed by atoms with Crippen LogP contribution in [0.15, 0.2) is 48.5 Å². The maximum Gasteiger partial charge on any atom is 0.450 e. The van der Waals surface area contributed by atoms with Crippen LogP contribution in [-0.2, 0) is 14.4 Å². The number of halogens is 5. The number of carbonyl (C=O) groups is 3. The van der Waals surface area contributed by atoms with Crippen molar-refractivity contribution in [1.29, 1.82) is 0 Å². The lowest BCUT2D eigenvalue weighted by atomic mass is 9.83. The van der Waals surface area contributed by atoms with Gasteiger partial charge in [0, 0.05) is 22.4 Å². The summed E-state index contributed by atoms with van der Waals surface area (Å²) < 4.78 is 45.9. The average molecular weight is 601 g/mol. The second kappa shape index (κ2) is 14.4. The van der Waals surface area contributed by atoms with Crippen LogP contribution < -0.4 is 10.1 Å². The summed E-state index contributed by atoms with van der Waals surface area (Å²) in [5, 5.41) is 3.37. The molecular weight excluding hydrogens is 566 g/mol. The molecule has 0 spiro atoms. The Morgan fingerprint density at radius 1 is 0.975 bits per heavy atom. The number of rotatable bonds is 12. The van der Waals surface area contributed by atoms with Crippen LogP contribution in [-0.4, -0.2) is 29.8 Å². The van der Waals surface area contributed by atoms with Gasteiger partial charge in [-0.25, -0.2) is 0 Å². The molecule has 0 heterocycles. The van der Waals surface area contributed by atoms with Crippen molar-refractivity contribution in [3.63, 3.8) is 0 Å². The summed E-state index contributed by atoms with van der Waals surface area (Å²) in [5.74, 6) is -5.04. The van der Waals surface area contributed by atoms with Crippen LogP contribution in [0.25, 0.3) is 0 Å². The number of hydrogen-bond donors (Lipinski definition) is 1. The highest BCUT2D eigenvalue weighted by Crippen LogP contribution is 2.32. The van der Waals surface area contributed by atoms with Gasteiger partial charge in [-0.15, -0.1) is 0 Å². The van der Waals surface area contributed by atoms with Crippen LogP contribution in [0.1, 0.15) is 70.4 Å². The topological polar surface area (TPSA) is 72.5 Å². The first-order valence-electron chi connectivity index (χ1n) is 13.5. The fourth-order valence-corrected chi connectivity index (χ4v) is 5.61. The molecule has 1 aliphatic rings. The maximum absolute atomic E-state index is 13.7. The highest BCUT2D eigenvalue weighted by molar-refractivity contribution is 6.34. The van der Waals surface area contributed by atoms with Gasteiger partial charge in [-0.3, -0.25) is 14.4 Å². The fourth-order valence-electron chi connectivity index (χ4n) is 5.10. The lowest BCUT2D eigenvalue weighted by molar-refractivity contribution is -0.177. The SMILES string of the molecule is CC(C)[C@H](CC(=O)[C@@H](NC(=O)C(CC1CCCCC1)Oc1cc(Cl)cc(Cl)c1)c1ccccc1)C(=O)C(F)(F)F. The van der Waals surface area contributed by atoms with E-state index in [1.165, 1.54) is 32.0 Å². The van der Waals surface area contributed by atoms with Crippen LogP contribution in [0.3, 0.4) is 0 Å². The minimum absolute atomic E-state index is 0.222. The monoisotopic (exact) mass is 599 g/mol. The third kappa shape index (κ3) is 9.23. The molecular formula is C30H34Cl2F3NO4. The van der Waals surface area contributed by atoms with E-state index in [4.69, 9.17) is 27.9 Å². The van der Waals surface area contributed by atoms with E-state index in [0.29, 0.717) is 22.0 Å². The Bertz CT molecular complexity index is 1150. The van der Waals surface area contributed by atoms with Gasteiger partial charge in [-0.2, -0.15) is 13.2 Å². The zero-order chi connectivity index (χ0) is 29.4. The van der Waals surface area contributed by atoms with E-state index in [2.05, 4.69) is 5.32 Å². The molecule has 3 rings (SSSR count). The number of carbonyl (C=O) groups excluding carboxylic acids is 3. The molecule has 1 fully saturated rings. The molecule has 1 aliphatic carbocycles.